The number of hydrogen-bond donors (Lipinski definition) is 5. The standard InChI is InChI=1S/C17H25N5O4/c18-12(17(25)26)4-2-1-3-10-6-22(8-13(10)23)7-11-5-19-15-14(11)20-9-21-16(15)24/h5,9-10,12-13,19,23H,1-4,6-8,18H2,(H,25,26)(H,20,21,24)/t10-,12-,13-/m0/s1. The third-order valence-corrected chi connectivity index (χ3v) is 5.08. The molecule has 9 nitrogen and oxygen atoms in total. The molecule has 1 fully saturated rings. The molecule has 0 aromatic carbocycles. The summed E-state index contributed by atoms with van der Waals surface area (Å²) < 4.78 is 0. The maximum Gasteiger partial charge on any atom is 0.320 e. The summed E-state index contributed by atoms with van der Waals surface area (Å²) in [6, 6.07) is -0.808. The average Bonchev–Trinajstić information content (AvgIpc) is 3.16. The zero-order chi connectivity index (χ0) is 18.7. The number of unbranched alkanes of at least 4 members (excludes halogenated alkanes) is 1. The van der Waals surface area contributed by atoms with Crippen molar-refractivity contribution in [1.82, 2.24) is 19.9 Å². The number of aliphatic carboxylic acids is 1. The minimum Gasteiger partial charge on any atom is -0.480 e. The zero-order valence-electron chi connectivity index (χ0n) is 14.5. The predicted molar refractivity (Wildman–Crippen MR) is 95.6 cm³/mol. The van der Waals surface area contributed by atoms with E-state index in [0.717, 1.165) is 31.4 Å². The lowest BCUT2D eigenvalue weighted by molar-refractivity contribution is -0.138. The second kappa shape index (κ2) is 7.98. The van der Waals surface area contributed by atoms with Crippen LogP contribution in [0, 0.1) is 5.92 Å². The average molecular weight is 363 g/mol. The first-order valence-corrected chi connectivity index (χ1v) is 8.88. The summed E-state index contributed by atoms with van der Waals surface area (Å²) in [5.41, 5.74) is 7.37. The Morgan fingerprint density at radius 2 is 2.19 bits per heavy atom. The quantitative estimate of drug-likeness (QED) is 0.415. The van der Waals surface area contributed by atoms with E-state index < -0.39 is 18.1 Å². The number of carboxylic acid groups (broad SMARTS) is 1. The number of aliphatic hydroxyl groups excluding tert-OH is 1. The van der Waals surface area contributed by atoms with Gasteiger partial charge in [0.25, 0.3) is 5.56 Å². The summed E-state index contributed by atoms with van der Waals surface area (Å²) in [4.78, 5) is 34.3. The van der Waals surface area contributed by atoms with Crippen LogP contribution in [0.15, 0.2) is 17.3 Å². The van der Waals surface area contributed by atoms with Gasteiger partial charge in [-0.2, -0.15) is 0 Å². The highest BCUT2D eigenvalue weighted by Gasteiger charge is 2.31. The van der Waals surface area contributed by atoms with Crippen molar-refractivity contribution < 1.29 is 15.0 Å². The van der Waals surface area contributed by atoms with Crippen LogP contribution in [0.4, 0.5) is 0 Å². The van der Waals surface area contributed by atoms with Crippen LogP contribution in [0.3, 0.4) is 0 Å². The van der Waals surface area contributed by atoms with Crippen molar-refractivity contribution in [3.8, 4) is 0 Å². The predicted octanol–water partition coefficient (Wildman–Crippen LogP) is 0.0162. The van der Waals surface area contributed by atoms with Gasteiger partial charge < -0.3 is 25.9 Å². The number of likely N-dealkylation sites (tertiary alicyclic amines) is 1. The number of aromatic amines is 2. The molecule has 0 spiro atoms. The molecule has 1 saturated heterocycles. The van der Waals surface area contributed by atoms with E-state index in [2.05, 4.69) is 19.9 Å². The number of aliphatic hydroxyl groups is 1. The fraction of sp³-hybridized carbons (Fsp3) is 0.588. The fourth-order valence-electron chi connectivity index (χ4n) is 3.61. The van der Waals surface area contributed by atoms with Crippen molar-refractivity contribution >= 4 is 17.0 Å². The topological polar surface area (TPSA) is 148 Å². The van der Waals surface area contributed by atoms with Crippen LogP contribution in [0.1, 0.15) is 31.2 Å². The van der Waals surface area contributed by atoms with E-state index >= 15 is 0 Å². The van der Waals surface area contributed by atoms with Gasteiger partial charge in [-0.05, 0) is 18.8 Å². The van der Waals surface area contributed by atoms with Crippen LogP contribution in [-0.4, -0.2) is 61.3 Å². The van der Waals surface area contributed by atoms with E-state index in [9.17, 15) is 14.7 Å². The second-order valence-electron chi connectivity index (χ2n) is 7.02. The SMILES string of the molecule is N[C@@H](CCCC[C@H]1CN(Cc2c[nH]c3c(=O)[nH]cnc23)C[C@@H]1O)C(=O)O. The molecule has 142 valence electrons. The Morgan fingerprint density at radius 1 is 1.38 bits per heavy atom. The molecule has 1 aliphatic rings. The molecule has 0 aliphatic carbocycles. The van der Waals surface area contributed by atoms with Crippen LogP contribution in [0.2, 0.25) is 0 Å². The number of H-pyrrole nitrogens is 2. The highest BCUT2D eigenvalue weighted by molar-refractivity contribution is 5.77. The van der Waals surface area contributed by atoms with E-state index in [0.29, 0.717) is 30.5 Å². The highest BCUT2D eigenvalue weighted by Crippen LogP contribution is 2.25. The van der Waals surface area contributed by atoms with E-state index in [1.807, 2.05) is 0 Å². The molecule has 26 heavy (non-hydrogen) atoms. The van der Waals surface area contributed by atoms with Gasteiger partial charge in [-0.3, -0.25) is 14.5 Å². The Bertz CT molecular complexity index is 817. The molecule has 6 N–H and O–H groups in total. The van der Waals surface area contributed by atoms with Gasteiger partial charge in [0, 0.05) is 31.4 Å². The minimum atomic E-state index is -0.969. The first kappa shape index (κ1) is 18.6. The molecule has 0 radical (unpaired) electrons. The molecule has 2 aromatic rings. The zero-order valence-corrected chi connectivity index (χ0v) is 14.5. The van der Waals surface area contributed by atoms with Gasteiger partial charge in [-0.15, -0.1) is 0 Å². The van der Waals surface area contributed by atoms with E-state index in [4.69, 9.17) is 10.8 Å². The maximum absolute atomic E-state index is 11.7. The first-order valence-electron chi connectivity index (χ1n) is 8.88. The van der Waals surface area contributed by atoms with Crippen molar-refractivity contribution in [2.24, 2.45) is 11.7 Å². The van der Waals surface area contributed by atoms with E-state index in [1.165, 1.54) is 6.33 Å². The number of nitrogens with one attached hydrogen (secondary N) is 2. The summed E-state index contributed by atoms with van der Waals surface area (Å²) in [5, 5.41) is 19.1. The number of aromatic nitrogens is 3. The van der Waals surface area contributed by atoms with Crippen molar-refractivity contribution in [2.75, 3.05) is 13.1 Å². The van der Waals surface area contributed by atoms with Crippen molar-refractivity contribution in [2.45, 2.75) is 44.4 Å². The number of carbonyl (C=O) groups is 1. The number of fused-ring (bicyclic) bond motifs is 1. The van der Waals surface area contributed by atoms with Gasteiger partial charge in [0.2, 0.25) is 0 Å². The summed E-state index contributed by atoms with van der Waals surface area (Å²) >= 11 is 0. The van der Waals surface area contributed by atoms with Gasteiger partial charge >= 0.3 is 5.97 Å². The van der Waals surface area contributed by atoms with Gasteiger partial charge in [0.1, 0.15) is 11.6 Å². The van der Waals surface area contributed by atoms with Gasteiger partial charge in [-0.25, -0.2) is 4.98 Å². The van der Waals surface area contributed by atoms with Crippen molar-refractivity contribution in [3.05, 3.63) is 28.4 Å². The largest absolute Gasteiger partial charge is 0.480 e. The number of β-amino-alcohol motifs (C(OH)–C–C–N with tert-alkyl or cyclic N) is 1. The Labute approximate surface area is 150 Å². The Morgan fingerprint density at radius 3 is 2.96 bits per heavy atom. The van der Waals surface area contributed by atoms with Crippen LogP contribution >= 0.6 is 0 Å². The minimum absolute atomic E-state index is 0.164. The molecule has 0 saturated carbocycles. The van der Waals surface area contributed by atoms with E-state index in [1.54, 1.807) is 6.20 Å². The monoisotopic (exact) mass is 363 g/mol. The van der Waals surface area contributed by atoms with Crippen LogP contribution in [0.5, 0.6) is 0 Å². The molecule has 9 heteroatoms. The molecule has 1 aliphatic heterocycles. The number of nitrogens with zero attached hydrogens (tertiary/aromatic N) is 2. The molecule has 0 bridgehead atoms. The molecule has 3 atom stereocenters. The van der Waals surface area contributed by atoms with Gasteiger partial charge in [0.15, 0.2) is 0 Å². The van der Waals surface area contributed by atoms with Crippen LogP contribution in [-0.2, 0) is 11.3 Å². The number of nitrogens with two attached hydrogens (primary N) is 1. The molecular weight excluding hydrogens is 338 g/mol. The summed E-state index contributed by atoms with van der Waals surface area (Å²) in [7, 11) is 0. The van der Waals surface area contributed by atoms with Gasteiger partial charge in [-0.1, -0.05) is 12.8 Å². The highest BCUT2D eigenvalue weighted by atomic mass is 16.4. The molecule has 3 heterocycles. The first-order chi connectivity index (χ1) is 12.5. The summed E-state index contributed by atoms with van der Waals surface area (Å²) in [6.07, 6.45) is 5.68. The molecular formula is C17H25N5O4. The second-order valence-corrected chi connectivity index (χ2v) is 7.02. The fourth-order valence-corrected chi connectivity index (χ4v) is 3.61. The van der Waals surface area contributed by atoms with Crippen LogP contribution in [0.25, 0.3) is 11.0 Å². The summed E-state index contributed by atoms with van der Waals surface area (Å²) in [5.74, 6) is -0.805. The molecule has 0 amide bonds. The summed E-state index contributed by atoms with van der Waals surface area (Å²) in [6.45, 7) is 1.96. The molecule has 3 rings (SSSR count). The lowest BCUT2D eigenvalue weighted by atomic mass is 9.97. The molecule has 2 aromatic heterocycles. The van der Waals surface area contributed by atoms with E-state index in [-0.39, 0.29) is 11.5 Å². The lowest BCUT2D eigenvalue weighted by Gasteiger charge is -2.15. The number of hydrogen-bond acceptors (Lipinski definition) is 6. The van der Waals surface area contributed by atoms with Gasteiger partial charge in [0.05, 0.1) is 17.9 Å². The van der Waals surface area contributed by atoms with Crippen LogP contribution < -0.4 is 11.3 Å². The Hall–Kier alpha value is -2.23. The Kier molecular flexibility index (Phi) is 5.70. The maximum atomic E-state index is 11.7. The van der Waals surface area contributed by atoms with Crippen molar-refractivity contribution in [1.29, 1.82) is 0 Å². The molecule has 0 unspecified atom stereocenters. The van der Waals surface area contributed by atoms with Crippen molar-refractivity contribution in [3.63, 3.8) is 0 Å². The smallest absolute Gasteiger partial charge is 0.320 e. The number of carboxylic acids is 1. The number of rotatable bonds is 8. The normalized spacial score (nSPS) is 22.1. The Balaban J connectivity index is 1.51. The third-order valence-electron chi connectivity index (χ3n) is 5.08. The third kappa shape index (κ3) is 4.12. The lowest BCUT2D eigenvalue weighted by Crippen LogP contribution is -2.29.